The van der Waals surface area contributed by atoms with E-state index in [0.717, 1.165) is 17.2 Å². The van der Waals surface area contributed by atoms with Crippen molar-refractivity contribution in [3.8, 4) is 5.69 Å². The van der Waals surface area contributed by atoms with Crippen LogP contribution in [0.25, 0.3) is 5.69 Å². The Hall–Kier alpha value is -1.78. The van der Waals surface area contributed by atoms with Gasteiger partial charge in [-0.3, -0.25) is 0 Å². The van der Waals surface area contributed by atoms with Gasteiger partial charge >= 0.3 is 6.18 Å². The highest BCUT2D eigenvalue weighted by atomic mass is 19.4. The van der Waals surface area contributed by atoms with E-state index in [2.05, 4.69) is 5.10 Å². The maximum Gasteiger partial charge on any atom is 0.433 e. The number of benzene rings is 1. The second kappa shape index (κ2) is 4.84. The van der Waals surface area contributed by atoms with Gasteiger partial charge in [0.15, 0.2) is 0 Å². The molecule has 0 unspecified atom stereocenters. The van der Waals surface area contributed by atoms with E-state index in [0.29, 0.717) is 17.8 Å². The number of halogens is 3. The second-order valence-electron chi connectivity index (χ2n) is 4.02. The van der Waals surface area contributed by atoms with Crippen molar-refractivity contribution in [2.45, 2.75) is 25.9 Å². The third-order valence-corrected chi connectivity index (χ3v) is 2.56. The normalized spacial score (nSPS) is 11.8. The Morgan fingerprint density at radius 2 is 1.83 bits per heavy atom. The van der Waals surface area contributed by atoms with Gasteiger partial charge in [-0.05, 0) is 24.6 Å². The standard InChI is InChI=1S/C13H13F3N2/c1-2-6-10-9-12(13(14,15)16)18(17-10)11-7-4-3-5-8-11/h3-5,7-9H,2,6H2,1H3. The molecule has 2 rings (SSSR count). The second-order valence-corrected chi connectivity index (χ2v) is 4.02. The van der Waals surface area contributed by atoms with E-state index in [1.165, 1.54) is 0 Å². The molecular formula is C13H13F3N2. The molecule has 0 radical (unpaired) electrons. The van der Waals surface area contributed by atoms with Gasteiger partial charge in [0, 0.05) is 0 Å². The predicted octanol–water partition coefficient (Wildman–Crippen LogP) is 3.84. The summed E-state index contributed by atoms with van der Waals surface area (Å²) >= 11 is 0. The van der Waals surface area contributed by atoms with Crippen molar-refractivity contribution in [2.75, 3.05) is 0 Å². The van der Waals surface area contributed by atoms with Crippen molar-refractivity contribution < 1.29 is 13.2 Å². The summed E-state index contributed by atoms with van der Waals surface area (Å²) in [7, 11) is 0. The van der Waals surface area contributed by atoms with Crippen LogP contribution < -0.4 is 0 Å². The van der Waals surface area contributed by atoms with Crippen molar-refractivity contribution in [1.82, 2.24) is 9.78 Å². The molecule has 5 heteroatoms. The molecule has 96 valence electrons. The van der Waals surface area contributed by atoms with Gasteiger partial charge in [-0.25, -0.2) is 4.68 Å². The first kappa shape index (κ1) is 12.7. The Morgan fingerprint density at radius 3 is 2.39 bits per heavy atom. The van der Waals surface area contributed by atoms with E-state index in [-0.39, 0.29) is 0 Å². The first-order valence-corrected chi connectivity index (χ1v) is 5.74. The summed E-state index contributed by atoms with van der Waals surface area (Å²) in [5.41, 5.74) is 0.165. The first-order chi connectivity index (χ1) is 8.52. The summed E-state index contributed by atoms with van der Waals surface area (Å²) in [5.74, 6) is 0. The van der Waals surface area contributed by atoms with Crippen LogP contribution in [0.4, 0.5) is 13.2 Å². The van der Waals surface area contributed by atoms with Crippen molar-refractivity contribution >= 4 is 0 Å². The van der Waals surface area contributed by atoms with Gasteiger partial charge in [-0.2, -0.15) is 18.3 Å². The van der Waals surface area contributed by atoms with Crippen LogP contribution in [0.1, 0.15) is 24.7 Å². The van der Waals surface area contributed by atoms with E-state index in [1.54, 1.807) is 30.3 Å². The van der Waals surface area contributed by atoms with Crippen LogP contribution in [-0.2, 0) is 12.6 Å². The Bertz CT molecular complexity index is 515. The largest absolute Gasteiger partial charge is 0.433 e. The molecule has 18 heavy (non-hydrogen) atoms. The molecule has 0 saturated heterocycles. The average molecular weight is 254 g/mol. The number of aromatic nitrogens is 2. The molecule has 1 aromatic carbocycles. The number of aryl methyl sites for hydroxylation is 1. The summed E-state index contributed by atoms with van der Waals surface area (Å²) in [5, 5.41) is 4.03. The molecule has 0 aliphatic heterocycles. The van der Waals surface area contributed by atoms with E-state index >= 15 is 0 Å². The molecule has 1 heterocycles. The quantitative estimate of drug-likeness (QED) is 0.813. The molecule has 0 bridgehead atoms. The highest BCUT2D eigenvalue weighted by Crippen LogP contribution is 2.31. The van der Waals surface area contributed by atoms with E-state index < -0.39 is 11.9 Å². The molecule has 0 aliphatic carbocycles. The SMILES string of the molecule is CCCc1cc(C(F)(F)F)n(-c2ccccc2)n1. The summed E-state index contributed by atoms with van der Waals surface area (Å²) in [6.45, 7) is 1.91. The molecule has 2 nitrogen and oxygen atoms in total. The van der Waals surface area contributed by atoms with Crippen LogP contribution in [-0.4, -0.2) is 9.78 Å². The predicted molar refractivity (Wildman–Crippen MR) is 62.6 cm³/mol. The van der Waals surface area contributed by atoms with Crippen LogP contribution in [0.2, 0.25) is 0 Å². The number of nitrogens with zero attached hydrogens (tertiary/aromatic N) is 2. The summed E-state index contributed by atoms with van der Waals surface area (Å²) in [6, 6.07) is 9.48. The van der Waals surface area contributed by atoms with Gasteiger partial charge in [0.05, 0.1) is 11.4 Å². The Balaban J connectivity index is 2.51. The lowest BCUT2D eigenvalue weighted by Gasteiger charge is -2.09. The Kier molecular flexibility index (Phi) is 3.41. The van der Waals surface area contributed by atoms with Crippen molar-refractivity contribution in [3.05, 3.63) is 47.8 Å². The fourth-order valence-corrected chi connectivity index (χ4v) is 1.78. The molecule has 0 fully saturated rings. The lowest BCUT2D eigenvalue weighted by atomic mass is 10.2. The zero-order valence-electron chi connectivity index (χ0n) is 9.91. The topological polar surface area (TPSA) is 17.8 Å². The minimum Gasteiger partial charge on any atom is -0.228 e. The lowest BCUT2D eigenvalue weighted by Crippen LogP contribution is -2.13. The molecule has 0 spiro atoms. The molecular weight excluding hydrogens is 241 g/mol. The fourth-order valence-electron chi connectivity index (χ4n) is 1.78. The minimum absolute atomic E-state index is 0.423. The average Bonchev–Trinajstić information content (AvgIpc) is 2.75. The molecule has 2 aromatic rings. The highest BCUT2D eigenvalue weighted by Gasteiger charge is 2.36. The molecule has 0 saturated carbocycles. The van der Waals surface area contributed by atoms with Gasteiger partial charge in [0.1, 0.15) is 5.69 Å². The third-order valence-electron chi connectivity index (χ3n) is 2.56. The molecule has 0 atom stereocenters. The number of hydrogen-bond donors (Lipinski definition) is 0. The van der Waals surface area contributed by atoms with Crippen LogP contribution >= 0.6 is 0 Å². The third kappa shape index (κ3) is 2.55. The van der Waals surface area contributed by atoms with Crippen molar-refractivity contribution in [2.24, 2.45) is 0 Å². The minimum atomic E-state index is -4.39. The number of rotatable bonds is 3. The van der Waals surface area contributed by atoms with Gasteiger partial charge in [0.25, 0.3) is 0 Å². The molecule has 0 aliphatic rings. The van der Waals surface area contributed by atoms with Gasteiger partial charge in [-0.1, -0.05) is 31.5 Å². The first-order valence-electron chi connectivity index (χ1n) is 5.74. The fraction of sp³-hybridized carbons (Fsp3) is 0.308. The summed E-state index contributed by atoms with van der Waals surface area (Å²) in [6.07, 6.45) is -3.08. The van der Waals surface area contributed by atoms with Crippen molar-refractivity contribution in [3.63, 3.8) is 0 Å². The smallest absolute Gasteiger partial charge is 0.228 e. The van der Waals surface area contributed by atoms with Gasteiger partial charge in [0.2, 0.25) is 0 Å². The Labute approximate surface area is 103 Å². The van der Waals surface area contributed by atoms with Gasteiger partial charge < -0.3 is 0 Å². The van der Waals surface area contributed by atoms with Crippen LogP contribution in [0, 0.1) is 0 Å². The molecule has 1 aromatic heterocycles. The van der Waals surface area contributed by atoms with E-state index in [4.69, 9.17) is 0 Å². The molecule has 0 amide bonds. The van der Waals surface area contributed by atoms with Crippen LogP contribution in [0.3, 0.4) is 0 Å². The van der Waals surface area contributed by atoms with Gasteiger partial charge in [-0.15, -0.1) is 0 Å². The number of hydrogen-bond acceptors (Lipinski definition) is 1. The zero-order chi connectivity index (χ0) is 13.2. The zero-order valence-corrected chi connectivity index (χ0v) is 9.91. The molecule has 0 N–H and O–H groups in total. The number of alkyl halides is 3. The lowest BCUT2D eigenvalue weighted by molar-refractivity contribution is -0.142. The van der Waals surface area contributed by atoms with Crippen molar-refractivity contribution in [1.29, 1.82) is 0 Å². The summed E-state index contributed by atoms with van der Waals surface area (Å²) in [4.78, 5) is 0. The maximum atomic E-state index is 12.9. The van der Waals surface area contributed by atoms with E-state index in [9.17, 15) is 13.2 Å². The number of para-hydroxylation sites is 1. The highest BCUT2D eigenvalue weighted by molar-refractivity contribution is 5.34. The van der Waals surface area contributed by atoms with E-state index in [1.807, 2.05) is 6.92 Å². The Morgan fingerprint density at radius 1 is 1.17 bits per heavy atom. The van der Waals surface area contributed by atoms with Crippen LogP contribution in [0.15, 0.2) is 36.4 Å². The maximum absolute atomic E-state index is 12.9. The monoisotopic (exact) mass is 254 g/mol. The summed E-state index contributed by atoms with van der Waals surface area (Å²) < 4.78 is 39.7. The van der Waals surface area contributed by atoms with Crippen LogP contribution in [0.5, 0.6) is 0 Å².